The fraction of sp³-hybridized carbons (Fsp3) is 0.100. The minimum atomic E-state index is -0.0962. The molecule has 0 atom stereocenters. The zero-order valence-corrected chi connectivity index (χ0v) is 13.5. The third-order valence-corrected chi connectivity index (χ3v) is 4.82. The van der Waals surface area contributed by atoms with Crippen molar-refractivity contribution in [3.05, 3.63) is 71.4 Å². The summed E-state index contributed by atoms with van der Waals surface area (Å²) >= 11 is 0. The number of benzene rings is 2. The molecule has 0 saturated carbocycles. The Balaban J connectivity index is 1.62. The van der Waals surface area contributed by atoms with Gasteiger partial charge in [-0.05, 0) is 48.2 Å². The van der Waals surface area contributed by atoms with Gasteiger partial charge >= 0.3 is 0 Å². The van der Waals surface area contributed by atoms with Crippen LogP contribution in [0, 0.1) is 0 Å². The quantitative estimate of drug-likeness (QED) is 0.522. The van der Waals surface area contributed by atoms with Crippen LogP contribution in [0.15, 0.2) is 54.7 Å². The van der Waals surface area contributed by atoms with Gasteiger partial charge in [-0.25, -0.2) is 0 Å². The van der Waals surface area contributed by atoms with Gasteiger partial charge in [-0.15, -0.1) is 0 Å². The normalized spacial score (nSPS) is 12.6. The Morgan fingerprint density at radius 3 is 2.76 bits per heavy atom. The second-order valence-corrected chi connectivity index (χ2v) is 6.30. The number of anilines is 1. The van der Waals surface area contributed by atoms with Gasteiger partial charge < -0.3 is 10.3 Å². The molecule has 25 heavy (non-hydrogen) atoms. The summed E-state index contributed by atoms with van der Waals surface area (Å²) in [5.41, 5.74) is 7.11. The molecular formula is C20H16N4O. The highest BCUT2D eigenvalue weighted by atomic mass is 16.1. The van der Waals surface area contributed by atoms with Gasteiger partial charge in [0.2, 0.25) is 0 Å². The number of fused-ring (bicyclic) bond motifs is 5. The molecule has 2 aromatic carbocycles. The number of H-pyrrole nitrogens is 2. The van der Waals surface area contributed by atoms with E-state index in [9.17, 15) is 4.79 Å². The van der Waals surface area contributed by atoms with Crippen molar-refractivity contribution in [2.75, 3.05) is 5.32 Å². The maximum atomic E-state index is 12.6. The molecule has 3 N–H and O–H groups in total. The van der Waals surface area contributed by atoms with E-state index in [1.54, 1.807) is 0 Å². The summed E-state index contributed by atoms with van der Waals surface area (Å²) in [5.74, 6) is -0.0962. The highest BCUT2D eigenvalue weighted by molar-refractivity contribution is 6.10. The number of hydrogen-bond acceptors (Lipinski definition) is 2. The molecule has 0 spiro atoms. The van der Waals surface area contributed by atoms with Crippen molar-refractivity contribution >= 4 is 22.5 Å². The first-order valence-electron chi connectivity index (χ1n) is 8.34. The minimum absolute atomic E-state index is 0.0962. The van der Waals surface area contributed by atoms with E-state index in [2.05, 4.69) is 20.5 Å². The molecule has 1 aliphatic carbocycles. The molecule has 5 heteroatoms. The number of hydrogen-bond donors (Lipinski definition) is 3. The van der Waals surface area contributed by atoms with Crippen LogP contribution in [0.1, 0.15) is 21.5 Å². The summed E-state index contributed by atoms with van der Waals surface area (Å²) in [6.07, 6.45) is 3.77. The van der Waals surface area contributed by atoms with E-state index < -0.39 is 0 Å². The monoisotopic (exact) mass is 328 g/mol. The standard InChI is InChI=1S/C20H16N4O/c25-20(12-5-2-1-3-6-12)23-16-8-4-7-15-17(16)14-10-9-13-11-21-24-18(13)19(14)22-15/h1-8,11,22H,9-10H2,(H,21,24)(H,23,25). The Labute approximate surface area is 144 Å². The van der Waals surface area contributed by atoms with Gasteiger partial charge in [0.05, 0.1) is 23.3 Å². The Kier molecular flexibility index (Phi) is 3.00. The van der Waals surface area contributed by atoms with Crippen LogP contribution >= 0.6 is 0 Å². The number of nitrogens with one attached hydrogen (secondary N) is 3. The van der Waals surface area contributed by atoms with Gasteiger partial charge in [-0.3, -0.25) is 9.89 Å². The fourth-order valence-electron chi connectivity index (χ4n) is 3.65. The fourth-order valence-corrected chi connectivity index (χ4v) is 3.65. The van der Waals surface area contributed by atoms with Crippen molar-refractivity contribution in [3.8, 4) is 11.4 Å². The van der Waals surface area contributed by atoms with Crippen LogP contribution < -0.4 is 5.32 Å². The number of carbonyl (C=O) groups is 1. The summed E-state index contributed by atoms with van der Waals surface area (Å²) in [6, 6.07) is 15.2. The van der Waals surface area contributed by atoms with Crippen molar-refractivity contribution in [1.82, 2.24) is 15.2 Å². The number of aromatic amines is 2. The highest BCUT2D eigenvalue weighted by Crippen LogP contribution is 2.39. The zero-order valence-electron chi connectivity index (χ0n) is 13.5. The molecule has 0 unspecified atom stereocenters. The first kappa shape index (κ1) is 14.0. The molecular weight excluding hydrogens is 312 g/mol. The molecule has 2 heterocycles. The summed E-state index contributed by atoms with van der Waals surface area (Å²) in [7, 11) is 0. The number of aryl methyl sites for hydroxylation is 2. The van der Waals surface area contributed by atoms with E-state index in [4.69, 9.17) is 0 Å². The Morgan fingerprint density at radius 2 is 1.88 bits per heavy atom. The first-order valence-corrected chi connectivity index (χ1v) is 8.34. The van der Waals surface area contributed by atoms with Gasteiger partial charge in [0, 0.05) is 16.5 Å². The third kappa shape index (κ3) is 2.16. The number of carbonyl (C=O) groups excluding carboxylic acids is 1. The van der Waals surface area contributed by atoms with E-state index in [1.807, 2.05) is 54.7 Å². The van der Waals surface area contributed by atoms with E-state index in [0.717, 1.165) is 40.8 Å². The molecule has 5 nitrogen and oxygen atoms in total. The lowest BCUT2D eigenvalue weighted by atomic mass is 9.93. The number of amides is 1. The van der Waals surface area contributed by atoms with E-state index >= 15 is 0 Å². The number of nitrogens with zero attached hydrogens (tertiary/aromatic N) is 1. The summed E-state index contributed by atoms with van der Waals surface area (Å²) in [4.78, 5) is 16.1. The topological polar surface area (TPSA) is 73.6 Å². The minimum Gasteiger partial charge on any atom is -0.353 e. The third-order valence-electron chi connectivity index (χ3n) is 4.82. The van der Waals surface area contributed by atoms with Crippen molar-refractivity contribution < 1.29 is 4.79 Å². The molecule has 0 radical (unpaired) electrons. The maximum Gasteiger partial charge on any atom is 0.255 e. The average Bonchev–Trinajstić information content (AvgIpc) is 3.26. The molecule has 0 bridgehead atoms. The number of aromatic nitrogens is 3. The molecule has 2 aromatic heterocycles. The maximum absolute atomic E-state index is 12.6. The van der Waals surface area contributed by atoms with Crippen LogP contribution in [-0.2, 0) is 12.8 Å². The van der Waals surface area contributed by atoms with Crippen LogP contribution in [0.5, 0.6) is 0 Å². The van der Waals surface area contributed by atoms with Crippen molar-refractivity contribution in [3.63, 3.8) is 0 Å². The average molecular weight is 328 g/mol. The highest BCUT2D eigenvalue weighted by Gasteiger charge is 2.24. The summed E-state index contributed by atoms with van der Waals surface area (Å²) in [5, 5.41) is 11.4. The Morgan fingerprint density at radius 1 is 1.00 bits per heavy atom. The lowest BCUT2D eigenvalue weighted by molar-refractivity contribution is 0.102. The second-order valence-electron chi connectivity index (χ2n) is 6.30. The second kappa shape index (κ2) is 5.34. The first-order chi connectivity index (χ1) is 12.3. The predicted octanol–water partition coefficient (Wildman–Crippen LogP) is 3.91. The lowest BCUT2D eigenvalue weighted by Gasteiger charge is -2.13. The Bertz CT molecular complexity index is 1090. The van der Waals surface area contributed by atoms with Crippen molar-refractivity contribution in [1.29, 1.82) is 0 Å². The van der Waals surface area contributed by atoms with Crippen LogP contribution in [0.4, 0.5) is 5.69 Å². The smallest absolute Gasteiger partial charge is 0.255 e. The van der Waals surface area contributed by atoms with Crippen LogP contribution in [0.25, 0.3) is 22.3 Å². The largest absolute Gasteiger partial charge is 0.353 e. The van der Waals surface area contributed by atoms with Gasteiger partial charge in [0.25, 0.3) is 5.91 Å². The molecule has 1 aliphatic rings. The van der Waals surface area contributed by atoms with Gasteiger partial charge in [-0.1, -0.05) is 24.3 Å². The van der Waals surface area contributed by atoms with Crippen molar-refractivity contribution in [2.24, 2.45) is 0 Å². The van der Waals surface area contributed by atoms with E-state index in [1.165, 1.54) is 11.1 Å². The molecule has 5 rings (SSSR count). The van der Waals surface area contributed by atoms with Gasteiger partial charge in [0.15, 0.2) is 0 Å². The van der Waals surface area contributed by atoms with Crippen molar-refractivity contribution in [2.45, 2.75) is 12.8 Å². The predicted molar refractivity (Wildman–Crippen MR) is 97.7 cm³/mol. The van der Waals surface area contributed by atoms with Gasteiger partial charge in [-0.2, -0.15) is 5.10 Å². The molecule has 0 fully saturated rings. The molecule has 0 aliphatic heterocycles. The van der Waals surface area contributed by atoms with E-state index in [0.29, 0.717) is 5.56 Å². The summed E-state index contributed by atoms with van der Waals surface area (Å²) in [6.45, 7) is 0. The van der Waals surface area contributed by atoms with Crippen LogP contribution in [0.3, 0.4) is 0 Å². The van der Waals surface area contributed by atoms with E-state index in [-0.39, 0.29) is 5.91 Å². The molecule has 1 amide bonds. The molecule has 0 saturated heterocycles. The zero-order chi connectivity index (χ0) is 16.8. The lowest BCUT2D eigenvalue weighted by Crippen LogP contribution is -2.12. The van der Waals surface area contributed by atoms with Gasteiger partial charge in [0.1, 0.15) is 0 Å². The molecule has 4 aromatic rings. The SMILES string of the molecule is O=C(Nc1cccc2[nH]c3c(c12)CCc1cn[nH]c1-3)c1ccccc1. The Hall–Kier alpha value is -3.34. The van der Waals surface area contributed by atoms with Crippen LogP contribution in [0.2, 0.25) is 0 Å². The summed E-state index contributed by atoms with van der Waals surface area (Å²) < 4.78 is 0. The molecule has 122 valence electrons. The van der Waals surface area contributed by atoms with Crippen LogP contribution in [-0.4, -0.2) is 21.1 Å². The number of rotatable bonds is 2.